The Bertz CT molecular complexity index is 4.85. The normalized spacial score (nSPS) is 0. The summed E-state index contributed by atoms with van der Waals surface area (Å²) >= 11 is 0. The summed E-state index contributed by atoms with van der Waals surface area (Å²) in [6.07, 6.45) is 0. The van der Waals surface area contributed by atoms with E-state index in [2.05, 4.69) is 0 Å². The molecule has 0 bridgehead atoms. The maximum absolute atomic E-state index is 0. The molecule has 16 valence electrons. The molecule has 0 aromatic carbocycles. The maximum atomic E-state index is 0. The van der Waals surface area contributed by atoms with E-state index in [4.69, 9.17) is 0 Å². The molecule has 2 nitrogen and oxygen atoms in total. The van der Waals surface area contributed by atoms with Gasteiger partial charge in [-0.1, -0.05) is 0 Å². The zero-order valence-corrected chi connectivity index (χ0v) is 9.91. The predicted octanol–water partition coefficient (Wildman–Crippen LogP) is -9.93. The van der Waals surface area contributed by atoms with Gasteiger partial charge in [-0.25, -0.2) is 0 Å². The Morgan fingerprint density at radius 2 is 0.600 bits per heavy atom. The first kappa shape index (κ1) is 44.5. The first-order valence-electron chi connectivity index (χ1n) is 0. The zero-order chi connectivity index (χ0) is 0. The molecule has 0 aliphatic rings. The van der Waals surface area contributed by atoms with Gasteiger partial charge in [0.1, 0.15) is 0 Å². The van der Waals surface area contributed by atoms with Crippen molar-refractivity contribution in [2.24, 2.45) is 0 Å². The third kappa shape index (κ3) is 19.6. The number of rotatable bonds is 0. The molecule has 0 atom stereocenters. The van der Waals surface area contributed by atoms with Gasteiger partial charge in [0.05, 0.1) is 0 Å². The summed E-state index contributed by atoms with van der Waals surface area (Å²) in [6.45, 7) is 0. The Kier molecular flexibility index (Phi) is 253. The maximum Gasteiger partial charge on any atom is 1.00 e. The Hall–Kier alpha value is 2.92. The van der Waals surface area contributed by atoms with E-state index < -0.39 is 0 Å². The fourth-order valence-corrected chi connectivity index (χ4v) is 0. The SMILES string of the molecule is O.[Na+].[Na+].[Na+].[O-2]. The summed E-state index contributed by atoms with van der Waals surface area (Å²) in [4.78, 5) is 0. The van der Waals surface area contributed by atoms with E-state index in [0.717, 1.165) is 0 Å². The number of hydrogen-bond acceptors (Lipinski definition) is 0. The van der Waals surface area contributed by atoms with E-state index in [9.17, 15) is 0 Å². The minimum Gasteiger partial charge on any atom is -2.00 e. The summed E-state index contributed by atoms with van der Waals surface area (Å²) < 4.78 is 0. The summed E-state index contributed by atoms with van der Waals surface area (Å²) in [6, 6.07) is 0. The van der Waals surface area contributed by atoms with Crippen molar-refractivity contribution in [3.63, 3.8) is 0 Å². The van der Waals surface area contributed by atoms with Gasteiger partial charge in [-0.05, 0) is 0 Å². The van der Waals surface area contributed by atoms with Crippen LogP contribution in [-0.2, 0) is 5.48 Å². The van der Waals surface area contributed by atoms with Crippen molar-refractivity contribution in [3.05, 3.63) is 0 Å². The fraction of sp³-hybridized carbons (Fsp3) is 0. The summed E-state index contributed by atoms with van der Waals surface area (Å²) in [7, 11) is 0. The molecule has 0 unspecified atom stereocenters. The van der Waals surface area contributed by atoms with Gasteiger partial charge in [-0.2, -0.15) is 0 Å². The zero-order valence-electron chi connectivity index (χ0n) is 3.91. The molecule has 0 aliphatic carbocycles. The largest absolute Gasteiger partial charge is 2.00 e. The molecule has 5 heavy (non-hydrogen) atoms. The van der Waals surface area contributed by atoms with Crippen LogP contribution in [0.2, 0.25) is 0 Å². The average Bonchev–Trinajstić information content (AvgIpc) is 0. The Morgan fingerprint density at radius 1 is 0.600 bits per heavy atom. The molecule has 0 saturated heterocycles. The molecule has 0 aromatic heterocycles. The van der Waals surface area contributed by atoms with Crippen molar-refractivity contribution in [2.45, 2.75) is 0 Å². The van der Waals surface area contributed by atoms with Gasteiger partial charge in [0.15, 0.2) is 0 Å². The van der Waals surface area contributed by atoms with Crippen LogP contribution in [0.4, 0.5) is 0 Å². The third-order valence-electron chi connectivity index (χ3n) is 0. The molecule has 0 aromatic rings. The average molecular weight is 103 g/mol. The van der Waals surface area contributed by atoms with E-state index in [1.807, 2.05) is 0 Å². The van der Waals surface area contributed by atoms with E-state index in [0.29, 0.717) is 0 Å². The van der Waals surface area contributed by atoms with E-state index in [1.165, 1.54) is 0 Å². The van der Waals surface area contributed by atoms with E-state index in [1.54, 1.807) is 0 Å². The summed E-state index contributed by atoms with van der Waals surface area (Å²) in [5.74, 6) is 0. The standard InChI is InChI=1S/3Na.H2O.O/h;;;1H2;/q3*+1;;-2. The van der Waals surface area contributed by atoms with Crippen LogP contribution in [-0.4, -0.2) is 5.48 Å². The van der Waals surface area contributed by atoms with Crippen LogP contribution in [0.1, 0.15) is 0 Å². The second-order valence-corrected chi connectivity index (χ2v) is 0. The number of hydrogen-bond donors (Lipinski definition) is 0. The van der Waals surface area contributed by atoms with Crippen LogP contribution in [0.5, 0.6) is 0 Å². The van der Waals surface area contributed by atoms with E-state index in [-0.39, 0.29) is 99.6 Å². The first-order chi connectivity index (χ1) is 0. The molecular weight excluding hydrogens is 101 g/mol. The molecule has 0 fully saturated rings. The van der Waals surface area contributed by atoms with Crippen molar-refractivity contribution in [2.75, 3.05) is 0 Å². The molecule has 0 heterocycles. The molecule has 2 N–H and O–H groups in total. The summed E-state index contributed by atoms with van der Waals surface area (Å²) in [5, 5.41) is 0. The molecule has 0 spiro atoms. The second-order valence-electron chi connectivity index (χ2n) is 0. The predicted molar refractivity (Wildman–Crippen MR) is 4.30 cm³/mol. The molecule has 0 aliphatic heterocycles. The van der Waals surface area contributed by atoms with Crippen LogP contribution >= 0.6 is 0 Å². The van der Waals surface area contributed by atoms with Gasteiger partial charge in [-0.15, -0.1) is 0 Å². The minimum absolute atomic E-state index is 0. The van der Waals surface area contributed by atoms with Crippen LogP contribution < -0.4 is 88.7 Å². The molecule has 0 radical (unpaired) electrons. The molecule has 0 rings (SSSR count). The topological polar surface area (TPSA) is 60.0 Å². The molecule has 5 heteroatoms. The minimum atomic E-state index is 0. The van der Waals surface area contributed by atoms with Crippen molar-refractivity contribution in [3.8, 4) is 0 Å². The van der Waals surface area contributed by atoms with Crippen molar-refractivity contribution >= 4 is 0 Å². The van der Waals surface area contributed by atoms with Crippen molar-refractivity contribution in [1.29, 1.82) is 0 Å². The Labute approximate surface area is 97.6 Å². The molecule has 0 saturated carbocycles. The monoisotopic (exact) mass is 103 g/mol. The van der Waals surface area contributed by atoms with Gasteiger partial charge >= 0.3 is 88.7 Å². The second kappa shape index (κ2) is 28.4. The van der Waals surface area contributed by atoms with Crippen molar-refractivity contribution < 1.29 is 99.6 Å². The smallest absolute Gasteiger partial charge is 1.00 e. The Balaban J connectivity index is 0. The van der Waals surface area contributed by atoms with Gasteiger partial charge in [0.2, 0.25) is 0 Å². The first-order valence-corrected chi connectivity index (χ1v) is 0. The van der Waals surface area contributed by atoms with Crippen LogP contribution in [0.3, 0.4) is 0 Å². The quantitative estimate of drug-likeness (QED) is 0.273. The summed E-state index contributed by atoms with van der Waals surface area (Å²) in [5.41, 5.74) is 0. The van der Waals surface area contributed by atoms with Crippen LogP contribution in [0.15, 0.2) is 0 Å². The van der Waals surface area contributed by atoms with Crippen LogP contribution in [0.25, 0.3) is 0 Å². The van der Waals surface area contributed by atoms with E-state index >= 15 is 0 Å². The molecule has 0 amide bonds. The van der Waals surface area contributed by atoms with Gasteiger partial charge in [-0.3, -0.25) is 0 Å². The molecular formula is H2Na3O2+. The third-order valence-corrected chi connectivity index (χ3v) is 0. The van der Waals surface area contributed by atoms with Gasteiger partial charge in [0.25, 0.3) is 0 Å². The van der Waals surface area contributed by atoms with Gasteiger partial charge < -0.3 is 11.0 Å². The fourth-order valence-electron chi connectivity index (χ4n) is 0. The van der Waals surface area contributed by atoms with Crippen LogP contribution in [0, 0.1) is 0 Å². The van der Waals surface area contributed by atoms with Crippen molar-refractivity contribution in [1.82, 2.24) is 0 Å². The Morgan fingerprint density at radius 3 is 0.600 bits per heavy atom. The van der Waals surface area contributed by atoms with Gasteiger partial charge in [0, 0.05) is 0 Å².